The van der Waals surface area contributed by atoms with Gasteiger partial charge in [-0.3, -0.25) is 9.78 Å². The Morgan fingerprint density at radius 2 is 1.92 bits per heavy atom. The van der Waals surface area contributed by atoms with E-state index in [2.05, 4.69) is 44.1 Å². The predicted octanol–water partition coefficient (Wildman–Crippen LogP) is 6.40. The van der Waals surface area contributed by atoms with Crippen LogP contribution in [-0.2, 0) is 11.2 Å². The lowest BCUT2D eigenvalue weighted by Crippen LogP contribution is -2.33. The number of amides is 1. The molecule has 1 saturated heterocycles. The number of hydrogen-bond acceptors (Lipinski definition) is 3. The van der Waals surface area contributed by atoms with E-state index in [1.54, 1.807) is 6.20 Å². The quantitative estimate of drug-likeness (QED) is 0.252. The van der Waals surface area contributed by atoms with Gasteiger partial charge >= 0.3 is 0 Å². The van der Waals surface area contributed by atoms with Crippen molar-refractivity contribution in [1.82, 2.24) is 19.8 Å². The molecule has 0 aliphatic carbocycles. The lowest BCUT2D eigenvalue weighted by molar-refractivity contribution is -0.116. The van der Waals surface area contributed by atoms with E-state index in [4.69, 9.17) is 23.8 Å². The van der Waals surface area contributed by atoms with Gasteiger partial charge in [-0.1, -0.05) is 42.8 Å². The van der Waals surface area contributed by atoms with Crippen molar-refractivity contribution in [3.8, 4) is 5.69 Å². The van der Waals surface area contributed by atoms with Gasteiger partial charge in [0.15, 0.2) is 5.11 Å². The summed E-state index contributed by atoms with van der Waals surface area (Å²) < 4.78 is 2.16. The first-order chi connectivity index (χ1) is 18.5. The second kappa shape index (κ2) is 11.4. The molecular weight excluding hydrogens is 514 g/mol. The molecule has 0 radical (unpaired) electrons. The molecule has 2 N–H and O–H groups in total. The predicted molar refractivity (Wildman–Crippen MR) is 157 cm³/mol. The molecule has 0 spiro atoms. The van der Waals surface area contributed by atoms with Crippen LogP contribution in [-0.4, -0.2) is 32.0 Å². The Morgan fingerprint density at radius 3 is 2.68 bits per heavy atom. The molecule has 8 heteroatoms. The number of nitrogens with one attached hydrogen (secondary N) is 2. The molecule has 1 amide bonds. The summed E-state index contributed by atoms with van der Waals surface area (Å²) >= 11 is 12.1. The normalized spacial score (nSPS) is 16.9. The van der Waals surface area contributed by atoms with Gasteiger partial charge in [-0.2, -0.15) is 0 Å². The molecule has 1 fully saturated rings. The van der Waals surface area contributed by atoms with E-state index in [1.165, 1.54) is 0 Å². The van der Waals surface area contributed by atoms with E-state index in [0.717, 1.165) is 45.3 Å². The van der Waals surface area contributed by atoms with Crippen molar-refractivity contribution in [3.63, 3.8) is 0 Å². The van der Waals surface area contributed by atoms with Crippen LogP contribution < -0.4 is 10.6 Å². The van der Waals surface area contributed by atoms with Gasteiger partial charge < -0.3 is 20.1 Å². The lowest BCUT2D eigenvalue weighted by atomic mass is 10.0. The summed E-state index contributed by atoms with van der Waals surface area (Å²) in [4.78, 5) is 19.8. The maximum atomic E-state index is 13.0. The molecule has 4 aromatic rings. The number of aryl methyl sites for hydroxylation is 2. The van der Waals surface area contributed by atoms with Crippen LogP contribution in [0, 0.1) is 6.92 Å². The SMILES string of the molecule is CCc1ccccc1NC(=O)CCN1C(=S)N[C@H](c2ccccn2)[C@H]1c1cccn1-c1ccc(Cl)c(C)c1. The van der Waals surface area contributed by atoms with E-state index in [0.29, 0.717) is 18.1 Å². The Hall–Kier alpha value is -3.68. The third-order valence-corrected chi connectivity index (χ3v) is 7.73. The van der Waals surface area contributed by atoms with Crippen LogP contribution in [0.5, 0.6) is 0 Å². The zero-order valence-corrected chi connectivity index (χ0v) is 23.0. The topological polar surface area (TPSA) is 62.2 Å². The third-order valence-electron chi connectivity index (χ3n) is 6.95. The summed E-state index contributed by atoms with van der Waals surface area (Å²) in [6.07, 6.45) is 4.99. The van der Waals surface area contributed by atoms with Gasteiger partial charge in [0.1, 0.15) is 0 Å². The minimum absolute atomic E-state index is 0.0440. The van der Waals surface area contributed by atoms with E-state index in [1.807, 2.05) is 73.8 Å². The van der Waals surface area contributed by atoms with E-state index in [-0.39, 0.29) is 18.0 Å². The summed E-state index contributed by atoms with van der Waals surface area (Å²) in [5, 5.41) is 7.90. The van der Waals surface area contributed by atoms with E-state index >= 15 is 0 Å². The van der Waals surface area contributed by atoms with E-state index in [9.17, 15) is 4.79 Å². The van der Waals surface area contributed by atoms with Crippen molar-refractivity contribution in [2.75, 3.05) is 11.9 Å². The molecule has 2 atom stereocenters. The summed E-state index contributed by atoms with van der Waals surface area (Å²) in [5.41, 5.74) is 5.93. The molecule has 38 heavy (non-hydrogen) atoms. The first-order valence-corrected chi connectivity index (χ1v) is 13.5. The number of carbonyl (C=O) groups excluding carboxylic acids is 1. The van der Waals surface area contributed by atoms with Crippen molar-refractivity contribution >= 4 is 40.5 Å². The van der Waals surface area contributed by atoms with Crippen LogP contribution in [0.1, 0.15) is 47.9 Å². The summed E-state index contributed by atoms with van der Waals surface area (Å²) in [5.74, 6) is -0.0440. The number of rotatable bonds is 8. The summed E-state index contributed by atoms with van der Waals surface area (Å²) in [6.45, 7) is 4.54. The number of pyridine rings is 1. The van der Waals surface area contributed by atoms with Crippen molar-refractivity contribution < 1.29 is 4.79 Å². The average molecular weight is 544 g/mol. The molecule has 0 bridgehead atoms. The van der Waals surface area contributed by atoms with Gasteiger partial charge in [-0.05, 0) is 85.2 Å². The molecule has 2 aromatic carbocycles. The second-order valence-corrected chi connectivity index (χ2v) is 10.2. The first-order valence-electron chi connectivity index (χ1n) is 12.8. The Balaban J connectivity index is 1.45. The molecule has 5 rings (SSSR count). The van der Waals surface area contributed by atoms with Crippen molar-refractivity contribution in [2.24, 2.45) is 0 Å². The van der Waals surface area contributed by atoms with Crippen LogP contribution in [0.4, 0.5) is 5.69 Å². The fourth-order valence-corrected chi connectivity index (χ4v) is 5.45. The molecule has 0 saturated carbocycles. The molecule has 194 valence electrons. The van der Waals surface area contributed by atoms with Crippen LogP contribution in [0.2, 0.25) is 5.02 Å². The Bertz CT molecular complexity index is 1450. The molecule has 1 aliphatic heterocycles. The Labute approximate surface area is 233 Å². The molecule has 1 aliphatic rings. The van der Waals surface area contributed by atoms with Gasteiger partial charge in [0, 0.05) is 47.5 Å². The molecule has 3 heterocycles. The monoisotopic (exact) mass is 543 g/mol. The molecule has 2 aromatic heterocycles. The van der Waals surface area contributed by atoms with Gasteiger partial charge in [-0.15, -0.1) is 0 Å². The van der Waals surface area contributed by atoms with Gasteiger partial charge in [0.05, 0.1) is 17.8 Å². The summed E-state index contributed by atoms with van der Waals surface area (Å²) in [7, 11) is 0. The third kappa shape index (κ3) is 5.30. The average Bonchev–Trinajstić information content (AvgIpc) is 3.54. The molecule has 6 nitrogen and oxygen atoms in total. The number of halogens is 1. The van der Waals surface area contributed by atoms with Crippen molar-refractivity contribution in [2.45, 2.75) is 38.8 Å². The minimum Gasteiger partial charge on any atom is -0.352 e. The van der Waals surface area contributed by atoms with Gasteiger partial charge in [0.2, 0.25) is 5.91 Å². The van der Waals surface area contributed by atoms with E-state index < -0.39 is 0 Å². The minimum atomic E-state index is -0.172. The number of thiocarbonyl (C=S) groups is 1. The zero-order chi connectivity index (χ0) is 26.6. The fourth-order valence-electron chi connectivity index (χ4n) is 5.00. The number of hydrogen-bond donors (Lipinski definition) is 2. The number of para-hydroxylation sites is 1. The van der Waals surface area contributed by atoms with Crippen LogP contribution in [0.25, 0.3) is 5.69 Å². The smallest absolute Gasteiger partial charge is 0.226 e. The highest BCUT2D eigenvalue weighted by Gasteiger charge is 2.41. The van der Waals surface area contributed by atoms with Crippen LogP contribution in [0.15, 0.2) is 85.2 Å². The van der Waals surface area contributed by atoms with Crippen LogP contribution in [0.3, 0.4) is 0 Å². The van der Waals surface area contributed by atoms with Crippen LogP contribution >= 0.6 is 23.8 Å². The zero-order valence-electron chi connectivity index (χ0n) is 21.4. The molecular formula is C30H30ClN5OS. The van der Waals surface area contributed by atoms with Gasteiger partial charge in [0.25, 0.3) is 0 Å². The van der Waals surface area contributed by atoms with Crippen molar-refractivity contribution in [3.05, 3.63) is 113 Å². The maximum absolute atomic E-state index is 13.0. The maximum Gasteiger partial charge on any atom is 0.226 e. The Morgan fingerprint density at radius 1 is 1.11 bits per heavy atom. The van der Waals surface area contributed by atoms with Crippen molar-refractivity contribution in [1.29, 1.82) is 0 Å². The Kier molecular flexibility index (Phi) is 7.77. The fraction of sp³-hybridized carbons (Fsp3) is 0.233. The lowest BCUT2D eigenvalue weighted by Gasteiger charge is -2.29. The first kappa shape index (κ1) is 25.9. The number of carbonyl (C=O) groups is 1. The highest BCUT2D eigenvalue weighted by molar-refractivity contribution is 7.80. The number of anilines is 1. The second-order valence-electron chi connectivity index (χ2n) is 9.37. The number of aromatic nitrogens is 2. The largest absolute Gasteiger partial charge is 0.352 e. The highest BCUT2D eigenvalue weighted by Crippen LogP contribution is 2.39. The number of benzene rings is 2. The highest BCUT2D eigenvalue weighted by atomic mass is 35.5. The number of nitrogens with zero attached hydrogens (tertiary/aromatic N) is 3. The summed E-state index contributed by atoms with van der Waals surface area (Å²) in [6, 6.07) is 23.6. The molecule has 0 unspecified atom stereocenters. The standard InChI is InChI=1S/C30H30ClN5OS/c1-3-21-9-4-5-10-24(21)33-27(37)15-18-36-29(28(34-30(36)38)25-11-6-7-16-32-25)26-12-8-17-35(26)22-13-14-23(31)20(2)19-22/h4-14,16-17,19,28-29H,3,15,18H2,1-2H3,(H,33,37)(H,34,38)/t28-,29-/m1/s1. The van der Waals surface area contributed by atoms with Gasteiger partial charge in [-0.25, -0.2) is 0 Å².